The molecule has 4 aromatic rings. The molecule has 0 bridgehead atoms. The van der Waals surface area contributed by atoms with Gasteiger partial charge in [0.1, 0.15) is 5.01 Å². The van der Waals surface area contributed by atoms with Crippen molar-refractivity contribution in [2.75, 3.05) is 0 Å². The van der Waals surface area contributed by atoms with Crippen molar-refractivity contribution in [3.05, 3.63) is 118 Å². The predicted molar refractivity (Wildman–Crippen MR) is 123 cm³/mol. The number of Topliss-reactive ketones (excluding diaryl/α,β-unsaturated/α-hetero) is 2. The first-order valence-electron chi connectivity index (χ1n) is 10.1. The molecule has 1 aromatic heterocycles. The summed E-state index contributed by atoms with van der Waals surface area (Å²) in [5, 5.41) is 0.670. The van der Waals surface area contributed by atoms with E-state index < -0.39 is 5.92 Å². The molecule has 0 saturated carbocycles. The zero-order valence-electron chi connectivity index (χ0n) is 16.7. The molecule has 0 spiro atoms. The molecule has 32 heavy (non-hydrogen) atoms. The van der Waals surface area contributed by atoms with Crippen LogP contribution >= 0.6 is 11.3 Å². The standard InChI is InChI=1S/C26H16N2O3S/c27-25-21(26-28-17-12-6-7-13-18(17)32-26)19(14-8-2-1-3-9-14)20-22(29)15-10-4-5-11-16(15)23(30)24(20)31-25/h1-13,19H,27H2. The van der Waals surface area contributed by atoms with Gasteiger partial charge in [-0.05, 0) is 17.7 Å². The van der Waals surface area contributed by atoms with Crippen molar-refractivity contribution in [1.29, 1.82) is 0 Å². The number of ketones is 2. The quantitative estimate of drug-likeness (QED) is 0.474. The van der Waals surface area contributed by atoms with E-state index in [1.54, 1.807) is 24.3 Å². The summed E-state index contributed by atoms with van der Waals surface area (Å²) in [4.78, 5) is 31.7. The molecule has 2 N–H and O–H groups in total. The third kappa shape index (κ3) is 2.66. The fraction of sp³-hybridized carbons (Fsp3) is 0.0385. The highest BCUT2D eigenvalue weighted by Gasteiger charge is 2.44. The summed E-state index contributed by atoms with van der Waals surface area (Å²) in [6.07, 6.45) is 0. The number of hydrogen-bond donors (Lipinski definition) is 1. The van der Waals surface area contributed by atoms with Gasteiger partial charge in [0.2, 0.25) is 5.78 Å². The number of nitrogens with two attached hydrogens (primary N) is 1. The summed E-state index contributed by atoms with van der Waals surface area (Å²) in [7, 11) is 0. The number of hydrogen-bond acceptors (Lipinski definition) is 6. The number of ether oxygens (including phenoxy) is 1. The molecule has 0 radical (unpaired) electrons. The Kier molecular flexibility index (Phi) is 4.10. The highest BCUT2D eigenvalue weighted by Crippen LogP contribution is 2.48. The van der Waals surface area contributed by atoms with E-state index in [2.05, 4.69) is 0 Å². The van der Waals surface area contributed by atoms with E-state index in [1.165, 1.54) is 11.3 Å². The van der Waals surface area contributed by atoms with Crippen LogP contribution in [-0.4, -0.2) is 16.6 Å². The number of fused-ring (bicyclic) bond motifs is 2. The maximum atomic E-state index is 13.7. The van der Waals surface area contributed by atoms with Gasteiger partial charge in [-0.3, -0.25) is 9.59 Å². The molecule has 0 saturated heterocycles. The maximum Gasteiger partial charge on any atom is 0.229 e. The van der Waals surface area contributed by atoms with Crippen LogP contribution in [0.25, 0.3) is 15.8 Å². The van der Waals surface area contributed by atoms with E-state index in [1.807, 2.05) is 54.6 Å². The number of carbonyl (C=O) groups excluding carboxylic acids is 2. The van der Waals surface area contributed by atoms with E-state index in [9.17, 15) is 9.59 Å². The molecule has 1 aliphatic heterocycles. The summed E-state index contributed by atoms with van der Waals surface area (Å²) in [6.45, 7) is 0. The Morgan fingerprint density at radius 2 is 1.44 bits per heavy atom. The van der Waals surface area contributed by atoms with Gasteiger partial charge in [-0.25, -0.2) is 4.98 Å². The van der Waals surface area contributed by atoms with E-state index in [0.717, 1.165) is 15.8 Å². The second-order valence-corrected chi connectivity index (χ2v) is 8.69. The fourth-order valence-electron chi connectivity index (χ4n) is 4.38. The minimum Gasteiger partial charge on any atom is -0.437 e. The summed E-state index contributed by atoms with van der Waals surface area (Å²) in [5.41, 5.74) is 9.74. The lowest BCUT2D eigenvalue weighted by atomic mass is 9.75. The molecule has 0 amide bonds. The summed E-state index contributed by atoms with van der Waals surface area (Å²) in [6, 6.07) is 24.2. The lowest BCUT2D eigenvalue weighted by Gasteiger charge is -2.32. The number of para-hydroxylation sites is 1. The first-order chi connectivity index (χ1) is 15.6. The van der Waals surface area contributed by atoms with Crippen molar-refractivity contribution in [2.24, 2.45) is 5.73 Å². The van der Waals surface area contributed by atoms with Crippen LogP contribution in [0.3, 0.4) is 0 Å². The first-order valence-corrected chi connectivity index (χ1v) is 11.0. The Bertz CT molecular complexity index is 1460. The van der Waals surface area contributed by atoms with E-state index in [0.29, 0.717) is 27.3 Å². The largest absolute Gasteiger partial charge is 0.437 e. The Hall–Kier alpha value is -4.03. The van der Waals surface area contributed by atoms with Gasteiger partial charge in [0.25, 0.3) is 0 Å². The Balaban J connectivity index is 1.61. The highest BCUT2D eigenvalue weighted by atomic mass is 32.1. The van der Waals surface area contributed by atoms with Crippen molar-refractivity contribution < 1.29 is 14.3 Å². The van der Waals surface area contributed by atoms with Crippen LogP contribution in [-0.2, 0) is 4.74 Å². The monoisotopic (exact) mass is 436 g/mol. The number of carbonyl (C=O) groups is 2. The highest BCUT2D eigenvalue weighted by molar-refractivity contribution is 7.19. The molecule has 5 nitrogen and oxygen atoms in total. The van der Waals surface area contributed by atoms with Gasteiger partial charge in [0.15, 0.2) is 17.4 Å². The molecule has 1 aliphatic carbocycles. The van der Waals surface area contributed by atoms with Gasteiger partial charge in [-0.15, -0.1) is 11.3 Å². The third-order valence-corrected chi connectivity index (χ3v) is 6.89. The van der Waals surface area contributed by atoms with Crippen molar-refractivity contribution in [3.8, 4) is 0 Å². The predicted octanol–water partition coefficient (Wildman–Crippen LogP) is 5.07. The number of allylic oxidation sites excluding steroid dienone is 3. The van der Waals surface area contributed by atoms with Crippen LogP contribution in [0.5, 0.6) is 0 Å². The summed E-state index contributed by atoms with van der Waals surface area (Å²) in [5.74, 6) is -1.02. The number of rotatable bonds is 2. The topological polar surface area (TPSA) is 82.3 Å². The van der Waals surface area contributed by atoms with E-state index in [4.69, 9.17) is 15.5 Å². The second-order valence-electron chi connectivity index (χ2n) is 7.66. The lowest BCUT2D eigenvalue weighted by molar-refractivity contribution is 0.0901. The van der Waals surface area contributed by atoms with Crippen molar-refractivity contribution >= 4 is 38.7 Å². The maximum absolute atomic E-state index is 13.7. The molecule has 6 rings (SSSR count). The average molecular weight is 436 g/mol. The number of benzene rings is 3. The van der Waals surface area contributed by atoms with Gasteiger partial charge in [-0.1, -0.05) is 66.7 Å². The van der Waals surface area contributed by atoms with Gasteiger partial charge < -0.3 is 10.5 Å². The minimum atomic E-state index is -0.565. The summed E-state index contributed by atoms with van der Waals surface area (Å²) < 4.78 is 6.88. The fourth-order valence-corrected chi connectivity index (χ4v) is 5.43. The molecule has 1 unspecified atom stereocenters. The molecular weight excluding hydrogens is 420 g/mol. The summed E-state index contributed by atoms with van der Waals surface area (Å²) >= 11 is 1.49. The minimum absolute atomic E-state index is 0.00455. The first kappa shape index (κ1) is 18.7. The molecule has 6 heteroatoms. The van der Waals surface area contributed by atoms with Crippen LogP contribution < -0.4 is 5.73 Å². The Morgan fingerprint density at radius 3 is 2.19 bits per heavy atom. The SMILES string of the molecule is NC1=C(c2nc3ccccc3s2)C(c2ccccc2)C2=C(O1)C(=O)c1ccccc1C2=O. The number of thiazole rings is 1. The van der Waals surface area contributed by atoms with Crippen LogP contribution in [0.1, 0.15) is 37.2 Å². The van der Waals surface area contributed by atoms with Crippen molar-refractivity contribution in [1.82, 2.24) is 4.98 Å². The Labute approximate surface area is 187 Å². The molecular formula is C26H16N2O3S. The van der Waals surface area contributed by atoms with Crippen molar-refractivity contribution in [3.63, 3.8) is 0 Å². The average Bonchev–Trinajstić information content (AvgIpc) is 3.26. The van der Waals surface area contributed by atoms with Crippen LogP contribution in [0.2, 0.25) is 0 Å². The third-order valence-electron chi connectivity index (χ3n) is 5.82. The van der Waals surface area contributed by atoms with Gasteiger partial charge in [0.05, 0.1) is 21.4 Å². The smallest absolute Gasteiger partial charge is 0.229 e. The molecule has 1 atom stereocenters. The normalized spacial score (nSPS) is 17.9. The van der Waals surface area contributed by atoms with E-state index in [-0.39, 0.29) is 23.2 Å². The molecule has 0 fully saturated rings. The Morgan fingerprint density at radius 1 is 0.781 bits per heavy atom. The molecule has 3 aromatic carbocycles. The lowest BCUT2D eigenvalue weighted by Crippen LogP contribution is -2.32. The van der Waals surface area contributed by atoms with Crippen LogP contribution in [0.4, 0.5) is 0 Å². The zero-order valence-corrected chi connectivity index (χ0v) is 17.6. The molecule has 2 heterocycles. The van der Waals surface area contributed by atoms with Gasteiger partial charge in [-0.2, -0.15) is 0 Å². The molecule has 154 valence electrons. The number of aromatic nitrogens is 1. The van der Waals surface area contributed by atoms with Crippen LogP contribution in [0, 0.1) is 0 Å². The van der Waals surface area contributed by atoms with Gasteiger partial charge >= 0.3 is 0 Å². The van der Waals surface area contributed by atoms with E-state index >= 15 is 0 Å². The molecule has 2 aliphatic rings. The van der Waals surface area contributed by atoms with Crippen molar-refractivity contribution in [2.45, 2.75) is 5.92 Å². The number of nitrogens with zero attached hydrogens (tertiary/aromatic N) is 1. The van der Waals surface area contributed by atoms with Crippen LogP contribution in [0.15, 0.2) is 96.1 Å². The second kappa shape index (κ2) is 7.00. The van der Waals surface area contributed by atoms with Gasteiger partial charge in [0, 0.05) is 17.0 Å². The zero-order chi connectivity index (χ0) is 21.8.